The normalized spacial score (nSPS) is 11.9. The van der Waals surface area contributed by atoms with Gasteiger partial charge in [0.25, 0.3) is 0 Å². The molecule has 0 saturated heterocycles. The Bertz CT molecular complexity index is 2160. The molecule has 0 unspecified atom stereocenters. The molecule has 0 aromatic heterocycles. The number of carboxylic acids is 1. The zero-order valence-electron chi connectivity index (χ0n) is 26.1. The van der Waals surface area contributed by atoms with Crippen molar-refractivity contribution in [2.24, 2.45) is 15.3 Å². The number of nitrogens with one attached hydrogen (secondary N) is 1. The number of amidine groups is 1. The molecule has 1 radical (unpaired) electrons. The SMILES string of the molecule is O=C(O)c1ccc(S(=O)(=O)[O-])cc1N=NC(=NNc1cc(S(=O)(=O)CCOS(=O)(=O)[O-])cc(S(=O)(=O)[O-])c1[O-])c1ccccc1.[Cu].[Na+].[Na+].[Na+].[Na+]. The standard InChI is InChI=1S/C22H20N4O15S4.Cu.4Na/c27-20-18(11-15(12-19(20)44(35,36)37)42(30,31)9-8-41-45(38,39)40)24-26-21(13-4-2-1-3-5-13)25-23-17-10-14(43(32,33)34)6-7-16(17)22(28)29;;;;;/h1-7,10-12,24,27H,8-9H2,(H,28,29)(H,32,33,34)(H,35,36,37)(H,38,39,40);;;;;/q;;4*+1/p-4. The van der Waals surface area contributed by atoms with E-state index in [-0.39, 0.29) is 147 Å². The molecular weight excluding hydrogens is 844 g/mol. The summed E-state index contributed by atoms with van der Waals surface area (Å²) in [5, 5.41) is 33.3. The number of nitrogens with zero attached hydrogens (tertiary/aromatic N) is 3. The van der Waals surface area contributed by atoms with Gasteiger partial charge in [-0.2, -0.15) is 5.10 Å². The molecule has 2 N–H and O–H groups in total. The quantitative estimate of drug-likeness (QED) is 0.0325. The molecule has 0 fully saturated rings. The zero-order valence-corrected chi connectivity index (χ0v) is 38.3. The van der Waals surface area contributed by atoms with Gasteiger partial charge in [0.15, 0.2) is 9.84 Å². The van der Waals surface area contributed by atoms with Crippen LogP contribution in [0.15, 0.2) is 90.7 Å². The Labute approximate surface area is 385 Å². The molecule has 3 rings (SSSR count). The summed E-state index contributed by atoms with van der Waals surface area (Å²) in [5.74, 6) is -4.86. The van der Waals surface area contributed by atoms with E-state index in [1.165, 1.54) is 24.3 Å². The minimum absolute atomic E-state index is 0. The predicted molar refractivity (Wildman–Crippen MR) is 144 cm³/mol. The molecule has 0 aliphatic rings. The molecular formula is C22H16CuN4Na4O15S4. The van der Waals surface area contributed by atoms with Crippen molar-refractivity contribution in [1.82, 2.24) is 0 Å². The van der Waals surface area contributed by atoms with Gasteiger partial charge in [-0.25, -0.2) is 38.5 Å². The fraction of sp³-hybridized carbons (Fsp3) is 0.0909. The first-order chi connectivity index (χ1) is 20.7. The third-order valence-electron chi connectivity index (χ3n) is 5.29. The van der Waals surface area contributed by atoms with E-state index in [9.17, 15) is 62.3 Å². The largest absolute Gasteiger partial charge is 1.00 e. The second kappa shape index (κ2) is 22.5. The summed E-state index contributed by atoms with van der Waals surface area (Å²) in [5.41, 5.74) is -0.0219. The van der Waals surface area contributed by atoms with Gasteiger partial charge >= 0.3 is 124 Å². The molecule has 0 saturated carbocycles. The van der Waals surface area contributed by atoms with Gasteiger partial charge in [-0.3, -0.25) is 9.61 Å². The summed E-state index contributed by atoms with van der Waals surface area (Å²) in [6, 6.07) is 10.1. The van der Waals surface area contributed by atoms with Crippen LogP contribution >= 0.6 is 0 Å². The van der Waals surface area contributed by atoms with Crippen LogP contribution in [0.3, 0.4) is 0 Å². The Hall–Kier alpha value is 0.159. The molecule has 0 spiro atoms. The van der Waals surface area contributed by atoms with Crippen molar-refractivity contribution in [2.45, 2.75) is 14.7 Å². The fourth-order valence-corrected chi connectivity index (χ4v) is 5.97. The molecule has 0 bridgehead atoms. The maximum absolute atomic E-state index is 12.8. The molecule has 0 aliphatic carbocycles. The molecule has 19 nitrogen and oxygen atoms in total. The number of carbonyl (C=O) groups is 1. The monoisotopic (exact) mass is 859 g/mol. The summed E-state index contributed by atoms with van der Waals surface area (Å²) in [6.07, 6.45) is 0. The number of hydrogen-bond acceptors (Lipinski definition) is 17. The van der Waals surface area contributed by atoms with Gasteiger partial charge in [0.1, 0.15) is 25.9 Å². The van der Waals surface area contributed by atoms with Gasteiger partial charge in [-0.15, -0.1) is 10.2 Å². The van der Waals surface area contributed by atoms with Gasteiger partial charge in [-0.05, 0) is 30.3 Å². The molecule has 50 heavy (non-hydrogen) atoms. The number of azo groups is 1. The van der Waals surface area contributed by atoms with Gasteiger partial charge in [0.05, 0.1) is 33.4 Å². The van der Waals surface area contributed by atoms with Gasteiger partial charge in [0, 0.05) is 27.5 Å². The van der Waals surface area contributed by atoms with Crippen molar-refractivity contribution in [3.8, 4) is 5.75 Å². The van der Waals surface area contributed by atoms with Crippen molar-refractivity contribution in [2.75, 3.05) is 17.8 Å². The van der Waals surface area contributed by atoms with Gasteiger partial charge in [0.2, 0.25) is 16.2 Å². The number of rotatable bonds is 12. The van der Waals surface area contributed by atoms with Gasteiger partial charge < -0.3 is 23.9 Å². The zero-order chi connectivity index (χ0) is 33.8. The maximum Gasteiger partial charge on any atom is 1.00 e. The Morgan fingerprint density at radius 3 is 1.88 bits per heavy atom. The van der Waals surface area contributed by atoms with Crippen LogP contribution < -0.4 is 129 Å². The number of aromatic carboxylic acids is 1. The Balaban J connectivity index is -0.00000442. The molecule has 0 atom stereocenters. The van der Waals surface area contributed by atoms with Crippen LogP contribution in [0.2, 0.25) is 0 Å². The molecule has 28 heteroatoms. The van der Waals surface area contributed by atoms with Crippen LogP contribution in [-0.2, 0) is 61.7 Å². The van der Waals surface area contributed by atoms with E-state index in [2.05, 4.69) is 19.5 Å². The average Bonchev–Trinajstić information content (AvgIpc) is 2.92. The predicted octanol–water partition coefficient (Wildman–Crippen LogP) is -11.9. The van der Waals surface area contributed by atoms with Crippen molar-refractivity contribution in [1.29, 1.82) is 0 Å². The van der Waals surface area contributed by atoms with E-state index >= 15 is 0 Å². The molecule has 0 amide bonds. The summed E-state index contributed by atoms with van der Waals surface area (Å²) >= 11 is 0. The maximum atomic E-state index is 12.8. The van der Waals surface area contributed by atoms with Crippen LogP contribution in [0.4, 0.5) is 11.4 Å². The molecule has 0 aliphatic heterocycles. The third-order valence-corrected chi connectivity index (χ3v) is 9.08. The van der Waals surface area contributed by atoms with Crippen molar-refractivity contribution in [3.63, 3.8) is 0 Å². The minimum atomic E-state index is -5.61. The first kappa shape index (κ1) is 54.5. The second-order valence-electron chi connectivity index (χ2n) is 8.35. The van der Waals surface area contributed by atoms with Crippen LogP contribution in [0.5, 0.6) is 5.75 Å². The molecule has 3 aromatic rings. The number of hydrazone groups is 1. The van der Waals surface area contributed by atoms with Crippen LogP contribution in [0, 0.1) is 0 Å². The second-order valence-corrected chi connectivity index (χ2v) is 14.2. The average molecular weight is 860 g/mol. The first-order valence-corrected chi connectivity index (χ1v) is 17.3. The first-order valence-electron chi connectivity index (χ1n) is 11.5. The smallest absolute Gasteiger partial charge is 0.870 e. The number of anilines is 1. The third kappa shape index (κ3) is 16.3. The van der Waals surface area contributed by atoms with E-state index < -0.39 is 102 Å². The number of hydrogen-bond donors (Lipinski definition) is 2. The summed E-state index contributed by atoms with van der Waals surface area (Å²) < 4.78 is 130. The topological polar surface area (TPSA) is 324 Å². The number of carboxylic acid groups (broad SMARTS) is 1. The minimum Gasteiger partial charge on any atom is -0.870 e. The van der Waals surface area contributed by atoms with Crippen molar-refractivity contribution in [3.05, 3.63) is 71.8 Å². The van der Waals surface area contributed by atoms with E-state index in [0.717, 1.165) is 12.1 Å². The van der Waals surface area contributed by atoms with E-state index in [0.29, 0.717) is 12.1 Å². The Morgan fingerprint density at radius 2 is 1.38 bits per heavy atom. The molecule has 253 valence electrons. The van der Waals surface area contributed by atoms with Crippen molar-refractivity contribution < 1.29 is 202 Å². The van der Waals surface area contributed by atoms with Crippen LogP contribution in [0.25, 0.3) is 0 Å². The Kier molecular flexibility index (Phi) is 24.5. The van der Waals surface area contributed by atoms with E-state index in [1.807, 2.05) is 5.43 Å². The summed E-state index contributed by atoms with van der Waals surface area (Å²) in [4.78, 5) is 8.21. The van der Waals surface area contributed by atoms with Crippen LogP contribution in [0.1, 0.15) is 15.9 Å². The van der Waals surface area contributed by atoms with Gasteiger partial charge in [-0.1, -0.05) is 36.1 Å². The number of sulfone groups is 1. The van der Waals surface area contributed by atoms with E-state index in [1.54, 1.807) is 6.07 Å². The van der Waals surface area contributed by atoms with Crippen molar-refractivity contribution >= 4 is 63.7 Å². The molecule has 3 aromatic carbocycles. The molecule has 0 heterocycles. The summed E-state index contributed by atoms with van der Waals surface area (Å²) in [6.45, 7) is -1.20. The van der Waals surface area contributed by atoms with Crippen LogP contribution in [-0.4, -0.2) is 76.6 Å². The summed E-state index contributed by atoms with van der Waals surface area (Å²) in [7, 11) is -20.7. The van der Waals surface area contributed by atoms with E-state index in [4.69, 9.17) is 0 Å². The Morgan fingerprint density at radius 1 is 0.800 bits per heavy atom. The fourth-order valence-electron chi connectivity index (χ4n) is 3.27. The number of benzene rings is 3.